The van der Waals surface area contributed by atoms with E-state index < -0.39 is 5.92 Å². The summed E-state index contributed by atoms with van der Waals surface area (Å²) in [5, 5.41) is 0.791. The van der Waals surface area contributed by atoms with Gasteiger partial charge < -0.3 is 0 Å². The minimum atomic E-state index is -0.454. The fourth-order valence-electron chi connectivity index (χ4n) is 4.90. The number of hydrogen-bond donors (Lipinski definition) is 0. The van der Waals surface area contributed by atoms with Crippen molar-refractivity contribution in [3.8, 4) is 0 Å². The number of imide groups is 1. The Hall–Kier alpha value is -2.56. The van der Waals surface area contributed by atoms with Gasteiger partial charge in [-0.05, 0) is 43.0 Å². The van der Waals surface area contributed by atoms with Crippen molar-refractivity contribution in [2.24, 2.45) is 23.7 Å². The van der Waals surface area contributed by atoms with Gasteiger partial charge in [-0.1, -0.05) is 6.07 Å². The number of aromatic nitrogens is 1. The third-order valence-electron chi connectivity index (χ3n) is 5.93. The summed E-state index contributed by atoms with van der Waals surface area (Å²) in [4.78, 5) is 44.0. The zero-order valence-electron chi connectivity index (χ0n) is 13.0. The van der Waals surface area contributed by atoms with Gasteiger partial charge in [0.2, 0.25) is 11.8 Å². The molecule has 4 atom stereocenters. The molecule has 120 valence electrons. The van der Waals surface area contributed by atoms with Crippen molar-refractivity contribution in [1.82, 2.24) is 4.98 Å². The molecular weight excluding hydrogens is 304 g/mol. The van der Waals surface area contributed by atoms with E-state index in [2.05, 4.69) is 4.98 Å². The van der Waals surface area contributed by atoms with Crippen molar-refractivity contribution in [3.63, 3.8) is 0 Å². The molecule has 0 N–H and O–H groups in total. The Morgan fingerprint density at radius 2 is 1.79 bits per heavy atom. The summed E-state index contributed by atoms with van der Waals surface area (Å²) >= 11 is 0. The predicted molar refractivity (Wildman–Crippen MR) is 87.1 cm³/mol. The van der Waals surface area contributed by atoms with E-state index in [1.807, 2.05) is 18.2 Å². The number of Topliss-reactive ketones (excluding diaryl/α,β-unsaturated/α-hetero) is 1. The standard InChI is InChI=1S/C19H16N2O3/c22-15-9-10-6-7-12(15)17-16(10)18(23)21(19(17)24)14-5-1-4-13-11(14)3-2-8-20-13/h1-5,8,10,12,16-17H,6-7,9H2. The van der Waals surface area contributed by atoms with Crippen molar-refractivity contribution in [2.75, 3.05) is 4.90 Å². The molecule has 0 spiro atoms. The molecule has 1 aromatic heterocycles. The van der Waals surface area contributed by atoms with Crippen LogP contribution in [0.5, 0.6) is 0 Å². The third-order valence-corrected chi connectivity index (χ3v) is 5.93. The average Bonchev–Trinajstić information content (AvgIpc) is 2.88. The lowest BCUT2D eigenvalue weighted by molar-refractivity contribution is -0.143. The number of rotatable bonds is 1. The molecular formula is C19H16N2O3. The van der Waals surface area contributed by atoms with E-state index in [0.717, 1.165) is 23.7 Å². The maximum absolute atomic E-state index is 13.1. The highest BCUT2D eigenvalue weighted by atomic mass is 16.2. The Labute approximate surface area is 138 Å². The molecule has 4 fully saturated rings. The van der Waals surface area contributed by atoms with Crippen LogP contribution in [0.2, 0.25) is 0 Å². The summed E-state index contributed by atoms with van der Waals surface area (Å²) < 4.78 is 0. The van der Waals surface area contributed by atoms with E-state index in [9.17, 15) is 14.4 Å². The van der Waals surface area contributed by atoms with Crippen LogP contribution in [0.4, 0.5) is 5.69 Å². The quantitative estimate of drug-likeness (QED) is 0.756. The van der Waals surface area contributed by atoms with Crippen LogP contribution in [-0.2, 0) is 14.4 Å². The molecule has 2 aromatic rings. The fraction of sp³-hybridized carbons (Fsp3) is 0.368. The van der Waals surface area contributed by atoms with Gasteiger partial charge in [0.15, 0.2) is 0 Å². The number of nitrogens with zero attached hydrogens (tertiary/aromatic N) is 2. The molecule has 2 heterocycles. The number of fused-ring (bicyclic) bond motifs is 3. The molecule has 2 bridgehead atoms. The van der Waals surface area contributed by atoms with Crippen molar-refractivity contribution in [2.45, 2.75) is 19.3 Å². The fourth-order valence-corrected chi connectivity index (χ4v) is 4.90. The Morgan fingerprint density at radius 3 is 2.62 bits per heavy atom. The van der Waals surface area contributed by atoms with Crippen LogP contribution >= 0.6 is 0 Å². The number of ketones is 1. The zero-order valence-corrected chi connectivity index (χ0v) is 13.0. The highest BCUT2D eigenvalue weighted by Gasteiger charge is 2.61. The molecule has 1 aliphatic heterocycles. The number of benzene rings is 1. The minimum Gasteiger partial charge on any atom is -0.299 e. The highest BCUT2D eigenvalue weighted by Crippen LogP contribution is 2.52. The average molecular weight is 320 g/mol. The molecule has 2 amide bonds. The minimum absolute atomic E-state index is 0.0297. The molecule has 5 nitrogen and oxygen atoms in total. The smallest absolute Gasteiger partial charge is 0.238 e. The number of carbonyl (C=O) groups is 3. The molecule has 3 aliphatic carbocycles. The number of anilines is 1. The lowest BCUT2D eigenvalue weighted by Gasteiger charge is -2.41. The van der Waals surface area contributed by atoms with E-state index in [-0.39, 0.29) is 35.4 Å². The molecule has 5 heteroatoms. The Morgan fingerprint density at radius 1 is 0.958 bits per heavy atom. The number of pyridine rings is 1. The summed E-state index contributed by atoms with van der Waals surface area (Å²) in [5.74, 6) is -1.19. The topological polar surface area (TPSA) is 67.3 Å². The van der Waals surface area contributed by atoms with Crippen molar-refractivity contribution in [3.05, 3.63) is 36.5 Å². The molecule has 1 saturated heterocycles. The van der Waals surface area contributed by atoms with E-state index >= 15 is 0 Å². The second kappa shape index (κ2) is 4.72. The summed E-state index contributed by atoms with van der Waals surface area (Å²) in [6.45, 7) is 0. The predicted octanol–water partition coefficient (Wildman–Crippen LogP) is 2.34. The van der Waals surface area contributed by atoms with Gasteiger partial charge in [-0.25, -0.2) is 4.90 Å². The van der Waals surface area contributed by atoms with Crippen LogP contribution in [0, 0.1) is 23.7 Å². The second-order valence-electron chi connectivity index (χ2n) is 7.03. The molecule has 1 aromatic carbocycles. The Balaban J connectivity index is 1.66. The van der Waals surface area contributed by atoms with Gasteiger partial charge in [0.05, 0.1) is 23.0 Å². The van der Waals surface area contributed by atoms with Crippen molar-refractivity contribution < 1.29 is 14.4 Å². The maximum Gasteiger partial charge on any atom is 0.238 e. The highest BCUT2D eigenvalue weighted by molar-refractivity contribution is 6.26. The normalized spacial score (nSPS) is 31.8. The third kappa shape index (κ3) is 1.64. The molecule has 4 aliphatic rings. The monoisotopic (exact) mass is 320 g/mol. The molecule has 24 heavy (non-hydrogen) atoms. The number of hydrogen-bond acceptors (Lipinski definition) is 4. The lowest BCUT2D eigenvalue weighted by Crippen LogP contribution is -2.46. The van der Waals surface area contributed by atoms with Crippen molar-refractivity contribution in [1.29, 1.82) is 0 Å². The first kappa shape index (κ1) is 13.8. The van der Waals surface area contributed by atoms with Crippen molar-refractivity contribution >= 4 is 34.2 Å². The maximum atomic E-state index is 13.1. The van der Waals surface area contributed by atoms with Crippen LogP contribution in [0.3, 0.4) is 0 Å². The zero-order chi connectivity index (χ0) is 16.4. The first-order valence-electron chi connectivity index (χ1n) is 8.41. The first-order chi connectivity index (χ1) is 11.7. The SMILES string of the molecule is O=C1CC2CCC1C1C(=O)N(c3cccc4ncccc34)C(=O)C21. The Kier molecular flexibility index (Phi) is 2.72. The van der Waals surface area contributed by atoms with Crippen LogP contribution in [-0.4, -0.2) is 22.6 Å². The van der Waals surface area contributed by atoms with Gasteiger partial charge in [-0.15, -0.1) is 0 Å². The van der Waals surface area contributed by atoms with Crippen LogP contribution < -0.4 is 4.90 Å². The van der Waals surface area contributed by atoms with E-state index in [1.165, 1.54) is 4.90 Å². The van der Waals surface area contributed by atoms with Gasteiger partial charge in [0.1, 0.15) is 5.78 Å². The van der Waals surface area contributed by atoms with Crippen LogP contribution in [0.1, 0.15) is 19.3 Å². The summed E-state index contributed by atoms with van der Waals surface area (Å²) in [6.07, 6.45) is 3.77. The summed E-state index contributed by atoms with van der Waals surface area (Å²) in [7, 11) is 0. The second-order valence-corrected chi connectivity index (χ2v) is 7.03. The Bertz CT molecular complexity index is 901. The van der Waals surface area contributed by atoms with Gasteiger partial charge in [-0.3, -0.25) is 19.4 Å². The number of amides is 2. The van der Waals surface area contributed by atoms with Crippen LogP contribution in [0.25, 0.3) is 10.9 Å². The van der Waals surface area contributed by atoms with E-state index in [1.54, 1.807) is 18.3 Å². The molecule has 4 unspecified atom stereocenters. The van der Waals surface area contributed by atoms with E-state index in [4.69, 9.17) is 0 Å². The number of carbonyl (C=O) groups excluding carboxylic acids is 3. The summed E-state index contributed by atoms with van der Waals surface area (Å²) in [6, 6.07) is 9.15. The molecule has 6 rings (SSSR count). The van der Waals surface area contributed by atoms with Gasteiger partial charge in [0.25, 0.3) is 0 Å². The molecule has 0 radical (unpaired) electrons. The summed E-state index contributed by atoms with van der Waals surface area (Å²) in [5.41, 5.74) is 1.35. The van der Waals surface area contributed by atoms with Gasteiger partial charge in [0, 0.05) is 23.9 Å². The molecule has 3 saturated carbocycles. The largest absolute Gasteiger partial charge is 0.299 e. The lowest BCUT2D eigenvalue weighted by atomic mass is 9.59. The van der Waals surface area contributed by atoms with Gasteiger partial charge >= 0.3 is 0 Å². The van der Waals surface area contributed by atoms with E-state index in [0.29, 0.717) is 12.1 Å². The van der Waals surface area contributed by atoms with Gasteiger partial charge in [-0.2, -0.15) is 0 Å². The first-order valence-corrected chi connectivity index (χ1v) is 8.41. The van der Waals surface area contributed by atoms with Crippen LogP contribution in [0.15, 0.2) is 36.5 Å².